The van der Waals surface area contributed by atoms with Crippen molar-refractivity contribution < 1.29 is 28.4 Å². The van der Waals surface area contributed by atoms with Gasteiger partial charge in [-0.3, -0.25) is 0 Å². The van der Waals surface area contributed by atoms with Crippen LogP contribution in [-0.2, 0) is 22.3 Å². The maximum absolute atomic E-state index is 5.55. The quantitative estimate of drug-likeness (QED) is 0.658. The smallest absolute Gasteiger partial charge is 0.231 e. The summed E-state index contributed by atoms with van der Waals surface area (Å²) in [5.74, 6) is 3.84. The van der Waals surface area contributed by atoms with Gasteiger partial charge in [0.15, 0.2) is 23.0 Å². The minimum absolute atomic E-state index is 0.288. The van der Waals surface area contributed by atoms with Crippen LogP contribution in [0.5, 0.6) is 23.0 Å². The lowest BCUT2D eigenvalue weighted by atomic mass is 9.83. The highest BCUT2D eigenvalue weighted by molar-refractivity contribution is 5.45. The zero-order chi connectivity index (χ0) is 19.3. The maximum Gasteiger partial charge on any atom is 0.231 e. The highest BCUT2D eigenvalue weighted by Crippen LogP contribution is 2.36. The molecule has 0 saturated heterocycles. The molecule has 2 aliphatic rings. The van der Waals surface area contributed by atoms with Crippen molar-refractivity contribution in [2.24, 2.45) is 11.8 Å². The molecule has 28 heavy (non-hydrogen) atoms. The molecule has 2 atom stereocenters. The molecule has 2 heterocycles. The van der Waals surface area contributed by atoms with Gasteiger partial charge in [0, 0.05) is 27.4 Å². The van der Waals surface area contributed by atoms with Crippen LogP contribution in [0.4, 0.5) is 0 Å². The molecular weight excluding hydrogens is 360 g/mol. The van der Waals surface area contributed by atoms with Crippen LogP contribution in [0, 0.1) is 11.8 Å². The second-order valence-corrected chi connectivity index (χ2v) is 7.21. The minimum atomic E-state index is 0.288. The van der Waals surface area contributed by atoms with Crippen LogP contribution in [-0.4, -0.2) is 41.0 Å². The third-order valence-electron chi connectivity index (χ3n) is 5.30. The third kappa shape index (κ3) is 4.18. The van der Waals surface area contributed by atoms with Crippen LogP contribution in [0.3, 0.4) is 0 Å². The molecule has 2 aromatic carbocycles. The lowest BCUT2D eigenvalue weighted by Crippen LogP contribution is -2.27. The Kier molecular flexibility index (Phi) is 5.88. The summed E-state index contributed by atoms with van der Waals surface area (Å²) < 4.78 is 33.0. The second-order valence-electron chi connectivity index (χ2n) is 7.21. The van der Waals surface area contributed by atoms with Gasteiger partial charge in [-0.15, -0.1) is 0 Å². The van der Waals surface area contributed by atoms with E-state index in [-0.39, 0.29) is 13.6 Å². The molecule has 0 spiro atoms. The van der Waals surface area contributed by atoms with Crippen LogP contribution in [0.25, 0.3) is 0 Å². The average molecular weight is 386 g/mol. The van der Waals surface area contributed by atoms with Crippen molar-refractivity contribution in [3.63, 3.8) is 0 Å². The van der Waals surface area contributed by atoms with Gasteiger partial charge in [-0.25, -0.2) is 0 Å². The first-order valence-electron chi connectivity index (χ1n) is 9.51. The summed E-state index contributed by atoms with van der Waals surface area (Å²) >= 11 is 0. The van der Waals surface area contributed by atoms with Crippen molar-refractivity contribution in [3.05, 3.63) is 47.5 Å². The van der Waals surface area contributed by atoms with Gasteiger partial charge in [0.2, 0.25) is 13.6 Å². The van der Waals surface area contributed by atoms with E-state index in [1.165, 1.54) is 11.1 Å². The summed E-state index contributed by atoms with van der Waals surface area (Å²) in [6, 6.07) is 12.3. The summed E-state index contributed by atoms with van der Waals surface area (Å²) in [5, 5.41) is 0. The molecular formula is C22H26O6. The molecule has 0 saturated carbocycles. The zero-order valence-electron chi connectivity index (χ0n) is 16.3. The SMILES string of the molecule is COC[C@@H](Cc1ccc2c(c1)OCO2)[C@@H](COC)Cc1ccc2c(c1)OCO2. The van der Waals surface area contributed by atoms with Crippen LogP contribution in [0.2, 0.25) is 0 Å². The molecule has 0 unspecified atom stereocenters. The summed E-state index contributed by atoms with van der Waals surface area (Å²) in [6.45, 7) is 1.90. The van der Waals surface area contributed by atoms with Crippen LogP contribution in [0.15, 0.2) is 36.4 Å². The van der Waals surface area contributed by atoms with Gasteiger partial charge in [0.1, 0.15) is 0 Å². The molecule has 0 bridgehead atoms. The summed E-state index contributed by atoms with van der Waals surface area (Å²) in [7, 11) is 3.49. The fourth-order valence-electron chi connectivity index (χ4n) is 3.89. The van der Waals surface area contributed by atoms with Gasteiger partial charge in [0.05, 0.1) is 0 Å². The molecule has 0 amide bonds. The highest BCUT2D eigenvalue weighted by Gasteiger charge is 2.25. The van der Waals surface area contributed by atoms with E-state index >= 15 is 0 Å². The van der Waals surface area contributed by atoms with Crippen molar-refractivity contribution >= 4 is 0 Å². The molecule has 2 aromatic rings. The van der Waals surface area contributed by atoms with Crippen molar-refractivity contribution in [1.29, 1.82) is 0 Å². The van der Waals surface area contributed by atoms with Gasteiger partial charge in [0.25, 0.3) is 0 Å². The predicted molar refractivity (Wildman–Crippen MR) is 103 cm³/mol. The Bertz CT molecular complexity index is 738. The van der Waals surface area contributed by atoms with E-state index in [0.717, 1.165) is 35.8 Å². The average Bonchev–Trinajstić information content (AvgIpc) is 3.35. The van der Waals surface area contributed by atoms with Crippen molar-refractivity contribution in [1.82, 2.24) is 0 Å². The number of rotatable bonds is 9. The molecule has 4 rings (SSSR count). The monoisotopic (exact) mass is 386 g/mol. The van der Waals surface area contributed by atoms with Crippen molar-refractivity contribution in [3.8, 4) is 23.0 Å². The summed E-state index contributed by atoms with van der Waals surface area (Å²) in [5.41, 5.74) is 2.41. The van der Waals surface area contributed by atoms with Crippen LogP contribution in [0.1, 0.15) is 11.1 Å². The van der Waals surface area contributed by atoms with E-state index in [4.69, 9.17) is 28.4 Å². The Morgan fingerprint density at radius 3 is 1.54 bits per heavy atom. The highest BCUT2D eigenvalue weighted by atomic mass is 16.7. The van der Waals surface area contributed by atoms with Crippen molar-refractivity contribution in [2.75, 3.05) is 41.0 Å². The zero-order valence-corrected chi connectivity index (χ0v) is 16.3. The van der Waals surface area contributed by atoms with E-state index in [1.807, 2.05) is 12.1 Å². The maximum atomic E-state index is 5.55. The molecule has 0 radical (unpaired) electrons. The molecule has 0 aromatic heterocycles. The Labute approximate surface area is 165 Å². The number of methoxy groups -OCH3 is 2. The standard InChI is InChI=1S/C22H26O6/c1-23-11-17(7-15-3-5-19-21(9-15)27-13-25-19)18(12-24-2)8-16-4-6-20-22(10-16)28-14-26-20/h3-6,9-10,17-18H,7-8,11-14H2,1-2H3/t17-,18-/m1/s1. The Hall–Kier alpha value is -2.44. The Balaban J connectivity index is 1.50. The first kappa shape index (κ1) is 18.9. The minimum Gasteiger partial charge on any atom is -0.454 e. The lowest BCUT2D eigenvalue weighted by Gasteiger charge is -2.27. The van der Waals surface area contributed by atoms with E-state index in [2.05, 4.69) is 24.3 Å². The van der Waals surface area contributed by atoms with E-state index in [9.17, 15) is 0 Å². The number of benzene rings is 2. The predicted octanol–water partition coefficient (Wildman–Crippen LogP) is 3.45. The number of ether oxygens (including phenoxy) is 6. The number of hydrogen-bond acceptors (Lipinski definition) is 6. The fourth-order valence-corrected chi connectivity index (χ4v) is 3.89. The van der Waals surface area contributed by atoms with E-state index < -0.39 is 0 Å². The van der Waals surface area contributed by atoms with Gasteiger partial charge in [-0.1, -0.05) is 12.1 Å². The molecule has 2 aliphatic heterocycles. The number of fused-ring (bicyclic) bond motifs is 2. The summed E-state index contributed by atoms with van der Waals surface area (Å²) in [4.78, 5) is 0. The molecule has 0 N–H and O–H groups in total. The van der Waals surface area contributed by atoms with Crippen LogP contribution < -0.4 is 18.9 Å². The second kappa shape index (κ2) is 8.71. The van der Waals surface area contributed by atoms with E-state index in [0.29, 0.717) is 25.0 Å². The number of hydrogen-bond donors (Lipinski definition) is 0. The molecule has 6 heteroatoms. The Morgan fingerprint density at radius 2 is 1.11 bits per heavy atom. The van der Waals surface area contributed by atoms with Gasteiger partial charge in [-0.2, -0.15) is 0 Å². The molecule has 6 nitrogen and oxygen atoms in total. The molecule has 150 valence electrons. The first-order chi connectivity index (χ1) is 13.8. The van der Waals surface area contributed by atoms with Gasteiger partial charge >= 0.3 is 0 Å². The third-order valence-corrected chi connectivity index (χ3v) is 5.30. The van der Waals surface area contributed by atoms with Crippen LogP contribution >= 0.6 is 0 Å². The van der Waals surface area contributed by atoms with E-state index in [1.54, 1.807) is 14.2 Å². The lowest BCUT2D eigenvalue weighted by molar-refractivity contribution is 0.0697. The van der Waals surface area contributed by atoms with Gasteiger partial charge < -0.3 is 28.4 Å². The molecule has 0 aliphatic carbocycles. The fraction of sp³-hybridized carbons (Fsp3) is 0.455. The topological polar surface area (TPSA) is 55.4 Å². The van der Waals surface area contributed by atoms with Crippen molar-refractivity contribution in [2.45, 2.75) is 12.8 Å². The Morgan fingerprint density at radius 1 is 0.679 bits per heavy atom. The van der Waals surface area contributed by atoms with Gasteiger partial charge in [-0.05, 0) is 60.1 Å². The molecule has 0 fully saturated rings. The largest absolute Gasteiger partial charge is 0.454 e. The first-order valence-corrected chi connectivity index (χ1v) is 9.51. The summed E-state index contributed by atoms with van der Waals surface area (Å²) in [6.07, 6.45) is 1.76. The normalized spacial score (nSPS) is 16.2.